The van der Waals surface area contributed by atoms with E-state index in [1.165, 1.54) is 6.07 Å². The van der Waals surface area contributed by atoms with Crippen molar-refractivity contribution in [3.63, 3.8) is 0 Å². The first-order valence-corrected chi connectivity index (χ1v) is 5.72. The SMILES string of the molecule is Cc1ncccc1Oc1ccc([C@@H](C)N)cc1F. The summed E-state index contributed by atoms with van der Waals surface area (Å²) in [6.07, 6.45) is 1.66. The van der Waals surface area contributed by atoms with Crippen LogP contribution in [0, 0.1) is 12.7 Å². The molecule has 0 bridgehead atoms. The van der Waals surface area contributed by atoms with Crippen molar-refractivity contribution in [3.05, 3.63) is 53.6 Å². The van der Waals surface area contributed by atoms with E-state index in [-0.39, 0.29) is 11.8 Å². The van der Waals surface area contributed by atoms with Gasteiger partial charge in [-0.25, -0.2) is 4.39 Å². The molecule has 2 rings (SSSR count). The Balaban J connectivity index is 2.28. The molecule has 4 heteroatoms. The predicted molar refractivity (Wildman–Crippen MR) is 68.1 cm³/mol. The number of rotatable bonds is 3. The summed E-state index contributed by atoms with van der Waals surface area (Å²) in [6.45, 7) is 3.62. The van der Waals surface area contributed by atoms with E-state index >= 15 is 0 Å². The molecule has 0 spiro atoms. The quantitative estimate of drug-likeness (QED) is 0.903. The van der Waals surface area contributed by atoms with Crippen molar-refractivity contribution in [2.75, 3.05) is 0 Å². The molecule has 1 aromatic carbocycles. The molecule has 94 valence electrons. The molecule has 0 unspecified atom stereocenters. The number of halogens is 1. The number of ether oxygens (including phenoxy) is 1. The van der Waals surface area contributed by atoms with Crippen LogP contribution in [-0.2, 0) is 0 Å². The third kappa shape index (κ3) is 2.65. The van der Waals surface area contributed by atoms with Crippen molar-refractivity contribution < 1.29 is 9.13 Å². The summed E-state index contributed by atoms with van der Waals surface area (Å²) in [5.74, 6) is 0.300. The Morgan fingerprint density at radius 3 is 2.67 bits per heavy atom. The summed E-state index contributed by atoms with van der Waals surface area (Å²) >= 11 is 0. The van der Waals surface area contributed by atoms with Crippen molar-refractivity contribution in [3.8, 4) is 11.5 Å². The van der Waals surface area contributed by atoms with Gasteiger partial charge in [0.15, 0.2) is 11.6 Å². The van der Waals surface area contributed by atoms with Crippen LogP contribution >= 0.6 is 0 Å². The minimum atomic E-state index is -0.423. The molecule has 2 N–H and O–H groups in total. The summed E-state index contributed by atoms with van der Waals surface area (Å²) in [6, 6.07) is 8.03. The van der Waals surface area contributed by atoms with Crippen LogP contribution in [-0.4, -0.2) is 4.98 Å². The van der Waals surface area contributed by atoms with E-state index in [1.807, 2.05) is 6.92 Å². The van der Waals surface area contributed by atoms with Gasteiger partial charge in [-0.3, -0.25) is 4.98 Å². The summed E-state index contributed by atoms with van der Waals surface area (Å²) in [7, 11) is 0. The van der Waals surface area contributed by atoms with Gasteiger partial charge in [0.1, 0.15) is 5.75 Å². The van der Waals surface area contributed by atoms with Crippen LogP contribution in [0.4, 0.5) is 4.39 Å². The van der Waals surface area contributed by atoms with Crippen molar-refractivity contribution >= 4 is 0 Å². The van der Waals surface area contributed by atoms with Gasteiger partial charge in [0.05, 0.1) is 5.69 Å². The highest BCUT2D eigenvalue weighted by molar-refractivity contribution is 5.36. The molecular formula is C14H15FN2O. The molecule has 0 saturated heterocycles. The van der Waals surface area contributed by atoms with Crippen LogP contribution in [0.25, 0.3) is 0 Å². The summed E-state index contributed by atoms with van der Waals surface area (Å²) in [5.41, 5.74) is 7.15. The first kappa shape index (κ1) is 12.5. The van der Waals surface area contributed by atoms with Gasteiger partial charge in [0, 0.05) is 12.2 Å². The van der Waals surface area contributed by atoms with Crippen molar-refractivity contribution in [2.24, 2.45) is 5.73 Å². The van der Waals surface area contributed by atoms with Gasteiger partial charge in [-0.2, -0.15) is 0 Å². The molecule has 18 heavy (non-hydrogen) atoms. The lowest BCUT2D eigenvalue weighted by molar-refractivity contribution is 0.436. The maximum atomic E-state index is 13.8. The number of hydrogen-bond acceptors (Lipinski definition) is 3. The number of aromatic nitrogens is 1. The van der Waals surface area contributed by atoms with Crippen molar-refractivity contribution in [1.29, 1.82) is 0 Å². The highest BCUT2D eigenvalue weighted by Gasteiger charge is 2.09. The number of benzene rings is 1. The topological polar surface area (TPSA) is 48.1 Å². The summed E-state index contributed by atoms with van der Waals surface area (Å²) in [4.78, 5) is 4.08. The highest BCUT2D eigenvalue weighted by atomic mass is 19.1. The van der Waals surface area contributed by atoms with E-state index < -0.39 is 5.82 Å². The third-order valence-electron chi connectivity index (χ3n) is 2.66. The van der Waals surface area contributed by atoms with Gasteiger partial charge in [-0.1, -0.05) is 6.07 Å². The van der Waals surface area contributed by atoms with Gasteiger partial charge < -0.3 is 10.5 Å². The molecule has 1 heterocycles. The Hall–Kier alpha value is -1.94. The monoisotopic (exact) mass is 246 g/mol. The fourth-order valence-corrected chi connectivity index (χ4v) is 1.58. The van der Waals surface area contributed by atoms with E-state index in [0.29, 0.717) is 11.4 Å². The van der Waals surface area contributed by atoms with Gasteiger partial charge in [0.25, 0.3) is 0 Å². The second kappa shape index (κ2) is 5.14. The molecule has 0 aliphatic carbocycles. The standard InChI is InChI=1S/C14H15FN2O/c1-9(16)11-5-6-14(12(15)8-11)18-13-4-3-7-17-10(13)2/h3-9H,16H2,1-2H3/t9-/m1/s1. The average Bonchev–Trinajstić information content (AvgIpc) is 2.34. The van der Waals surface area contributed by atoms with E-state index in [9.17, 15) is 4.39 Å². The zero-order valence-corrected chi connectivity index (χ0v) is 10.4. The van der Waals surface area contributed by atoms with Crippen molar-refractivity contribution in [1.82, 2.24) is 4.98 Å². The lowest BCUT2D eigenvalue weighted by atomic mass is 10.1. The number of aryl methyl sites for hydroxylation is 1. The van der Waals surface area contributed by atoms with E-state index in [1.54, 1.807) is 37.4 Å². The number of nitrogens with two attached hydrogens (primary N) is 1. The lowest BCUT2D eigenvalue weighted by Gasteiger charge is -2.11. The minimum absolute atomic E-state index is 0.176. The van der Waals surface area contributed by atoms with Crippen LogP contribution < -0.4 is 10.5 Å². The molecular weight excluding hydrogens is 231 g/mol. The minimum Gasteiger partial charge on any atom is -0.452 e. The zero-order chi connectivity index (χ0) is 13.1. The maximum Gasteiger partial charge on any atom is 0.166 e. The van der Waals surface area contributed by atoms with Crippen LogP contribution in [0.2, 0.25) is 0 Å². The molecule has 0 amide bonds. The molecule has 1 aromatic heterocycles. The fourth-order valence-electron chi connectivity index (χ4n) is 1.58. The second-order valence-corrected chi connectivity index (χ2v) is 4.17. The molecule has 1 atom stereocenters. The van der Waals surface area contributed by atoms with Crippen LogP contribution in [0.3, 0.4) is 0 Å². The van der Waals surface area contributed by atoms with Crippen LogP contribution in [0.1, 0.15) is 24.2 Å². The number of nitrogens with zero attached hydrogens (tertiary/aromatic N) is 1. The molecule has 3 nitrogen and oxygen atoms in total. The summed E-state index contributed by atoms with van der Waals surface area (Å²) in [5, 5.41) is 0. The molecule has 0 radical (unpaired) electrons. The fraction of sp³-hybridized carbons (Fsp3) is 0.214. The average molecular weight is 246 g/mol. The third-order valence-corrected chi connectivity index (χ3v) is 2.66. The van der Waals surface area contributed by atoms with Crippen LogP contribution in [0.15, 0.2) is 36.5 Å². The Morgan fingerprint density at radius 2 is 2.06 bits per heavy atom. The molecule has 0 saturated carbocycles. The Labute approximate surface area is 105 Å². The lowest BCUT2D eigenvalue weighted by Crippen LogP contribution is -2.05. The van der Waals surface area contributed by atoms with Gasteiger partial charge in [-0.05, 0) is 43.7 Å². The van der Waals surface area contributed by atoms with Gasteiger partial charge >= 0.3 is 0 Å². The number of hydrogen-bond donors (Lipinski definition) is 1. The molecule has 0 fully saturated rings. The first-order valence-electron chi connectivity index (χ1n) is 5.72. The second-order valence-electron chi connectivity index (χ2n) is 4.17. The molecule has 2 aromatic rings. The van der Waals surface area contributed by atoms with E-state index in [4.69, 9.17) is 10.5 Å². The summed E-state index contributed by atoms with van der Waals surface area (Å²) < 4.78 is 19.3. The maximum absolute atomic E-state index is 13.8. The Bertz CT molecular complexity index is 555. The van der Waals surface area contributed by atoms with Crippen molar-refractivity contribution in [2.45, 2.75) is 19.9 Å². The van der Waals surface area contributed by atoms with Crippen LogP contribution in [0.5, 0.6) is 11.5 Å². The normalized spacial score (nSPS) is 12.2. The van der Waals surface area contributed by atoms with Gasteiger partial charge in [0.2, 0.25) is 0 Å². The largest absolute Gasteiger partial charge is 0.452 e. The zero-order valence-electron chi connectivity index (χ0n) is 10.4. The van der Waals surface area contributed by atoms with E-state index in [0.717, 1.165) is 5.56 Å². The first-order chi connectivity index (χ1) is 8.58. The highest BCUT2D eigenvalue weighted by Crippen LogP contribution is 2.27. The van der Waals surface area contributed by atoms with Gasteiger partial charge in [-0.15, -0.1) is 0 Å². The van der Waals surface area contributed by atoms with E-state index in [2.05, 4.69) is 4.98 Å². The molecule has 0 aliphatic heterocycles. The Morgan fingerprint density at radius 1 is 1.28 bits per heavy atom. The molecule has 0 aliphatic rings. The number of pyridine rings is 1. The smallest absolute Gasteiger partial charge is 0.166 e. The predicted octanol–water partition coefficient (Wildman–Crippen LogP) is 3.34. The Kier molecular flexibility index (Phi) is 3.58.